The molecule has 15 heavy (non-hydrogen) atoms. The van der Waals surface area contributed by atoms with Crippen molar-refractivity contribution in [1.29, 1.82) is 0 Å². The Bertz CT molecular complexity index is 318. The topological polar surface area (TPSA) is 0 Å². The van der Waals surface area contributed by atoms with E-state index in [1.165, 1.54) is 31.7 Å². The molecule has 0 amide bonds. The third kappa shape index (κ3) is 2.34. The summed E-state index contributed by atoms with van der Waals surface area (Å²) in [4.78, 5) is 0. The van der Waals surface area contributed by atoms with E-state index in [1.54, 1.807) is 6.07 Å². The van der Waals surface area contributed by atoms with Gasteiger partial charge in [-0.1, -0.05) is 31.0 Å². The molecule has 0 aliphatic heterocycles. The lowest BCUT2D eigenvalue weighted by Crippen LogP contribution is -2.13. The van der Waals surface area contributed by atoms with Gasteiger partial charge in [-0.2, -0.15) is 0 Å². The zero-order chi connectivity index (χ0) is 10.7. The Kier molecular flexibility index (Phi) is 3.63. The Morgan fingerprint density at radius 3 is 2.53 bits per heavy atom. The number of halogens is 2. The lowest BCUT2D eigenvalue weighted by atomic mass is 9.86. The van der Waals surface area contributed by atoms with Crippen molar-refractivity contribution >= 4 is 11.6 Å². The molecule has 1 aliphatic carbocycles. The molecule has 0 saturated heterocycles. The Balaban J connectivity index is 2.22. The fourth-order valence-electron chi connectivity index (χ4n) is 2.60. The molecule has 1 aromatic carbocycles. The average Bonchev–Trinajstić information content (AvgIpc) is 2.75. The molecular weight excluding hydrogens is 211 g/mol. The van der Waals surface area contributed by atoms with Crippen LogP contribution in [0.5, 0.6) is 0 Å². The molecule has 1 aromatic rings. The molecule has 0 bridgehead atoms. The van der Waals surface area contributed by atoms with Crippen molar-refractivity contribution < 1.29 is 4.39 Å². The quantitative estimate of drug-likeness (QED) is 0.673. The van der Waals surface area contributed by atoms with Crippen LogP contribution >= 0.6 is 11.6 Å². The number of benzene rings is 1. The molecule has 0 aromatic heterocycles. The Labute approximate surface area is 95.4 Å². The molecule has 1 saturated carbocycles. The molecule has 1 unspecified atom stereocenters. The minimum Gasteiger partial charge on any atom is -0.207 e. The number of hydrogen-bond donors (Lipinski definition) is 0. The summed E-state index contributed by atoms with van der Waals surface area (Å²) in [6.07, 6.45) is 4.94. The smallest absolute Gasteiger partial charge is 0.126 e. The fraction of sp³-hybridized carbons (Fsp3) is 0.538. The zero-order valence-corrected chi connectivity index (χ0v) is 9.51. The molecule has 2 heteroatoms. The SMILES string of the molecule is Fc1ccccc1C(CCl)C1CCCC1. The number of hydrogen-bond acceptors (Lipinski definition) is 0. The van der Waals surface area contributed by atoms with Gasteiger partial charge in [0.1, 0.15) is 5.82 Å². The van der Waals surface area contributed by atoms with Crippen molar-refractivity contribution in [3.63, 3.8) is 0 Å². The highest BCUT2D eigenvalue weighted by Gasteiger charge is 2.27. The molecule has 82 valence electrons. The maximum Gasteiger partial charge on any atom is 0.126 e. The van der Waals surface area contributed by atoms with Gasteiger partial charge in [0, 0.05) is 11.8 Å². The van der Waals surface area contributed by atoms with Crippen LogP contribution in [0.2, 0.25) is 0 Å². The minimum absolute atomic E-state index is 0.102. The summed E-state index contributed by atoms with van der Waals surface area (Å²) in [5, 5.41) is 0. The van der Waals surface area contributed by atoms with Gasteiger partial charge in [-0.05, 0) is 30.4 Å². The fourth-order valence-corrected chi connectivity index (χ4v) is 3.02. The maximum absolute atomic E-state index is 13.6. The van der Waals surface area contributed by atoms with E-state index in [1.807, 2.05) is 12.1 Å². The van der Waals surface area contributed by atoms with Gasteiger partial charge in [0.2, 0.25) is 0 Å². The van der Waals surface area contributed by atoms with Gasteiger partial charge in [-0.3, -0.25) is 0 Å². The molecule has 0 N–H and O–H groups in total. The normalized spacial score (nSPS) is 19.3. The standard InChI is InChI=1S/C13H16ClF/c14-9-12(10-5-1-2-6-10)11-7-3-4-8-13(11)15/h3-4,7-8,10,12H,1-2,5-6,9H2. The summed E-state index contributed by atoms with van der Waals surface area (Å²) in [6, 6.07) is 7.04. The second-order valence-corrected chi connectivity index (χ2v) is 4.64. The van der Waals surface area contributed by atoms with Crippen LogP contribution in [0.4, 0.5) is 4.39 Å². The highest BCUT2D eigenvalue weighted by molar-refractivity contribution is 6.18. The predicted octanol–water partition coefficient (Wildman–Crippen LogP) is 4.34. The van der Waals surface area contributed by atoms with Gasteiger partial charge in [-0.25, -0.2) is 4.39 Å². The van der Waals surface area contributed by atoms with E-state index < -0.39 is 0 Å². The number of rotatable bonds is 3. The molecule has 1 aliphatic rings. The summed E-state index contributed by atoms with van der Waals surface area (Å²) in [5.74, 6) is 1.22. The summed E-state index contributed by atoms with van der Waals surface area (Å²) in [5.41, 5.74) is 0.805. The first-order valence-electron chi connectivity index (χ1n) is 5.63. The van der Waals surface area contributed by atoms with Crippen LogP contribution in [0.1, 0.15) is 37.2 Å². The van der Waals surface area contributed by atoms with Crippen molar-refractivity contribution in [2.75, 3.05) is 5.88 Å². The van der Waals surface area contributed by atoms with Crippen LogP contribution in [0.25, 0.3) is 0 Å². The second-order valence-electron chi connectivity index (χ2n) is 4.33. The van der Waals surface area contributed by atoms with Crippen LogP contribution in [-0.4, -0.2) is 5.88 Å². The van der Waals surface area contributed by atoms with Crippen molar-refractivity contribution in [2.24, 2.45) is 5.92 Å². The molecule has 1 atom stereocenters. The van der Waals surface area contributed by atoms with Crippen molar-refractivity contribution in [2.45, 2.75) is 31.6 Å². The summed E-state index contributed by atoms with van der Waals surface area (Å²) in [6.45, 7) is 0. The summed E-state index contributed by atoms with van der Waals surface area (Å²) in [7, 11) is 0. The van der Waals surface area contributed by atoms with E-state index in [0.29, 0.717) is 11.8 Å². The van der Waals surface area contributed by atoms with Crippen molar-refractivity contribution in [3.05, 3.63) is 35.6 Å². The molecule has 2 rings (SSSR count). The molecule has 0 nitrogen and oxygen atoms in total. The van der Waals surface area contributed by atoms with Crippen molar-refractivity contribution in [3.8, 4) is 0 Å². The first-order chi connectivity index (χ1) is 7.33. The molecule has 1 fully saturated rings. The van der Waals surface area contributed by atoms with Gasteiger partial charge >= 0.3 is 0 Å². The maximum atomic E-state index is 13.6. The highest BCUT2D eigenvalue weighted by atomic mass is 35.5. The van der Waals surface area contributed by atoms with E-state index in [2.05, 4.69) is 0 Å². The molecular formula is C13H16ClF. The van der Waals surface area contributed by atoms with E-state index in [4.69, 9.17) is 11.6 Å². The Morgan fingerprint density at radius 2 is 1.93 bits per heavy atom. The minimum atomic E-state index is -0.102. The van der Waals surface area contributed by atoms with E-state index >= 15 is 0 Å². The van der Waals surface area contributed by atoms with Crippen LogP contribution < -0.4 is 0 Å². The molecule has 0 radical (unpaired) electrons. The van der Waals surface area contributed by atoms with Gasteiger partial charge in [0.25, 0.3) is 0 Å². The lowest BCUT2D eigenvalue weighted by Gasteiger charge is -2.21. The van der Waals surface area contributed by atoms with E-state index in [0.717, 1.165) is 5.56 Å². The van der Waals surface area contributed by atoms with Crippen LogP contribution in [-0.2, 0) is 0 Å². The van der Waals surface area contributed by atoms with E-state index in [-0.39, 0.29) is 11.7 Å². The monoisotopic (exact) mass is 226 g/mol. The van der Waals surface area contributed by atoms with Gasteiger partial charge < -0.3 is 0 Å². The summed E-state index contributed by atoms with van der Waals surface area (Å²) < 4.78 is 13.6. The highest BCUT2D eigenvalue weighted by Crippen LogP contribution is 2.38. The third-order valence-electron chi connectivity index (χ3n) is 3.44. The summed E-state index contributed by atoms with van der Waals surface area (Å²) >= 11 is 5.99. The number of alkyl halides is 1. The Morgan fingerprint density at radius 1 is 1.27 bits per heavy atom. The van der Waals surface area contributed by atoms with Gasteiger partial charge in [0.15, 0.2) is 0 Å². The predicted molar refractivity (Wildman–Crippen MR) is 61.8 cm³/mol. The molecule has 0 heterocycles. The van der Waals surface area contributed by atoms with Crippen LogP contribution in [0.3, 0.4) is 0 Å². The lowest BCUT2D eigenvalue weighted by molar-refractivity contribution is 0.447. The molecule has 0 spiro atoms. The average molecular weight is 227 g/mol. The van der Waals surface area contributed by atoms with Gasteiger partial charge in [-0.15, -0.1) is 11.6 Å². The Hall–Kier alpha value is -0.560. The van der Waals surface area contributed by atoms with Gasteiger partial charge in [0.05, 0.1) is 0 Å². The first-order valence-corrected chi connectivity index (χ1v) is 6.16. The first kappa shape index (κ1) is 10.9. The van der Waals surface area contributed by atoms with Crippen molar-refractivity contribution in [1.82, 2.24) is 0 Å². The third-order valence-corrected chi connectivity index (χ3v) is 3.77. The second kappa shape index (κ2) is 4.98. The largest absolute Gasteiger partial charge is 0.207 e. The van der Waals surface area contributed by atoms with Crippen LogP contribution in [0, 0.1) is 11.7 Å². The van der Waals surface area contributed by atoms with Crippen LogP contribution in [0.15, 0.2) is 24.3 Å². The van der Waals surface area contributed by atoms with E-state index in [9.17, 15) is 4.39 Å². The zero-order valence-electron chi connectivity index (χ0n) is 8.76.